The highest BCUT2D eigenvalue weighted by atomic mass is 35.5. The summed E-state index contributed by atoms with van der Waals surface area (Å²) in [5, 5.41) is 49.6. The Morgan fingerprint density at radius 3 is 1.88 bits per heavy atom. The van der Waals surface area contributed by atoms with Crippen LogP contribution in [0, 0.1) is 6.92 Å². The molecule has 11 nitrogen and oxygen atoms in total. The second kappa shape index (κ2) is 15.8. The van der Waals surface area contributed by atoms with Crippen molar-refractivity contribution in [3.8, 4) is 28.4 Å². The van der Waals surface area contributed by atoms with Gasteiger partial charge in [0.1, 0.15) is 11.4 Å². The molecule has 1 aliphatic rings. The summed E-state index contributed by atoms with van der Waals surface area (Å²) in [5.41, 5.74) is 5.72. The van der Waals surface area contributed by atoms with Crippen LogP contribution in [0.25, 0.3) is 32.7 Å². The van der Waals surface area contributed by atoms with Crippen molar-refractivity contribution in [2.75, 3.05) is 17.4 Å². The number of nitrogens with zero attached hydrogens (tertiary/aromatic N) is 4. The van der Waals surface area contributed by atoms with Gasteiger partial charge in [0.2, 0.25) is 0 Å². The zero-order chi connectivity index (χ0) is 41.3. The van der Waals surface area contributed by atoms with Crippen molar-refractivity contribution < 1.29 is 24.5 Å². The lowest BCUT2D eigenvalue weighted by atomic mass is 10.0. The Balaban J connectivity index is 0.969. The van der Waals surface area contributed by atoms with E-state index in [0.29, 0.717) is 55.1 Å². The van der Waals surface area contributed by atoms with Gasteiger partial charge in [0.15, 0.2) is 29.8 Å². The van der Waals surface area contributed by atoms with E-state index in [2.05, 4.69) is 31.1 Å². The number of para-hydroxylation sites is 1. The predicted molar refractivity (Wildman–Crippen MR) is 235 cm³/mol. The molecule has 0 aliphatic heterocycles. The zero-order valence-electron chi connectivity index (χ0n) is 31.8. The van der Waals surface area contributed by atoms with Gasteiger partial charge in [-0.3, -0.25) is 9.59 Å². The molecule has 60 heavy (non-hydrogen) atoms. The molecule has 1 aliphatic carbocycles. The molecule has 12 heteroatoms. The number of halogens is 1. The van der Waals surface area contributed by atoms with Gasteiger partial charge in [0, 0.05) is 27.6 Å². The van der Waals surface area contributed by atoms with Crippen LogP contribution in [0.1, 0.15) is 31.8 Å². The number of nitrogens with one attached hydrogen (secondary N) is 2. The number of azo groups is 2. The van der Waals surface area contributed by atoms with Crippen LogP contribution in [0.5, 0.6) is 17.2 Å². The van der Waals surface area contributed by atoms with E-state index < -0.39 is 5.91 Å². The summed E-state index contributed by atoms with van der Waals surface area (Å²) in [7, 11) is 0. The van der Waals surface area contributed by atoms with Gasteiger partial charge in [0.05, 0.1) is 27.6 Å². The number of rotatable bonds is 10. The second-order valence-electron chi connectivity index (χ2n) is 14.1. The first kappa shape index (κ1) is 37.7. The van der Waals surface area contributed by atoms with Crippen LogP contribution in [-0.4, -0.2) is 28.6 Å². The van der Waals surface area contributed by atoms with E-state index in [9.17, 15) is 19.8 Å². The number of benzene rings is 8. The number of aromatic hydroxyl groups is 2. The number of ether oxygens (including phenoxy) is 1. The van der Waals surface area contributed by atoms with Crippen LogP contribution in [-0.2, 0) is 0 Å². The average Bonchev–Trinajstić information content (AvgIpc) is 3.53. The third-order valence-corrected chi connectivity index (χ3v) is 10.5. The van der Waals surface area contributed by atoms with E-state index in [4.69, 9.17) is 16.3 Å². The molecule has 4 N–H and O–H groups in total. The Morgan fingerprint density at radius 1 is 0.633 bits per heavy atom. The molecule has 1 amide bonds. The van der Waals surface area contributed by atoms with E-state index in [1.54, 1.807) is 60.7 Å². The minimum Gasteiger partial charge on any atom is -0.505 e. The summed E-state index contributed by atoms with van der Waals surface area (Å²) < 4.78 is 5.91. The second-order valence-corrected chi connectivity index (χ2v) is 14.5. The highest BCUT2D eigenvalue weighted by Gasteiger charge is 2.28. The molecular formula is C48H33ClN6O5. The van der Waals surface area contributed by atoms with Crippen LogP contribution >= 0.6 is 11.6 Å². The highest BCUT2D eigenvalue weighted by molar-refractivity contribution is 6.33. The van der Waals surface area contributed by atoms with Crippen molar-refractivity contribution in [3.63, 3.8) is 0 Å². The van der Waals surface area contributed by atoms with E-state index in [1.165, 1.54) is 0 Å². The number of ketones is 1. The maximum Gasteiger partial charge on any atom is 0.259 e. The molecule has 292 valence electrons. The summed E-state index contributed by atoms with van der Waals surface area (Å²) in [6.45, 7) is 1.96. The number of anilines is 2. The Hall–Kier alpha value is -7.89. The van der Waals surface area contributed by atoms with Crippen molar-refractivity contribution in [2.24, 2.45) is 20.5 Å². The first-order valence-corrected chi connectivity index (χ1v) is 19.2. The smallest absolute Gasteiger partial charge is 0.259 e. The van der Waals surface area contributed by atoms with Gasteiger partial charge in [0.25, 0.3) is 5.91 Å². The monoisotopic (exact) mass is 808 g/mol. The molecule has 0 atom stereocenters. The molecule has 0 bridgehead atoms. The summed E-state index contributed by atoms with van der Waals surface area (Å²) in [5.74, 6) is -1.03. The van der Waals surface area contributed by atoms with Crippen LogP contribution in [0.15, 0.2) is 166 Å². The lowest BCUT2D eigenvalue weighted by Gasteiger charge is -2.13. The van der Waals surface area contributed by atoms with Gasteiger partial charge in [-0.2, -0.15) is 10.2 Å². The van der Waals surface area contributed by atoms with Crippen molar-refractivity contribution in [1.82, 2.24) is 0 Å². The van der Waals surface area contributed by atoms with E-state index in [0.717, 1.165) is 22.1 Å². The Labute approximate surface area is 348 Å². The fourth-order valence-corrected chi connectivity index (χ4v) is 7.41. The molecule has 0 spiro atoms. The lowest BCUT2D eigenvalue weighted by Crippen LogP contribution is -2.12. The quantitative estimate of drug-likeness (QED) is 0.0795. The fourth-order valence-electron chi connectivity index (χ4n) is 7.21. The van der Waals surface area contributed by atoms with Crippen molar-refractivity contribution >= 4 is 79.0 Å². The molecule has 0 saturated heterocycles. The number of amides is 1. The van der Waals surface area contributed by atoms with Gasteiger partial charge < -0.3 is 25.6 Å². The van der Waals surface area contributed by atoms with Gasteiger partial charge >= 0.3 is 0 Å². The van der Waals surface area contributed by atoms with Crippen LogP contribution in [0.2, 0.25) is 5.02 Å². The first-order valence-electron chi connectivity index (χ1n) is 18.9. The topological polar surface area (TPSA) is 157 Å². The third-order valence-electron chi connectivity index (χ3n) is 10.2. The number of aryl methyl sites for hydroxylation is 1. The Morgan fingerprint density at radius 2 is 1.23 bits per heavy atom. The van der Waals surface area contributed by atoms with E-state index >= 15 is 0 Å². The maximum atomic E-state index is 13.9. The Kier molecular flexibility index (Phi) is 9.92. The van der Waals surface area contributed by atoms with E-state index in [-0.39, 0.29) is 46.7 Å². The molecule has 0 saturated carbocycles. The molecule has 8 aromatic rings. The van der Waals surface area contributed by atoms with Gasteiger partial charge in [-0.25, -0.2) is 0 Å². The lowest BCUT2D eigenvalue weighted by molar-refractivity contribution is 0.102. The fraction of sp³-hybridized carbons (Fsp3) is 0.0417. The SMILES string of the molecule is Cc1cccc(NC(=O)c2cc3ccccc3c(N=Nc3ccc4c(c3)C(=O)c3cc(N=Nc5c(O)c(OCNc6ccccc6Cl)cc6ccccc56)ccc3-4)c2O)c1. The molecule has 0 aromatic heterocycles. The minimum absolute atomic E-state index is 0.0308. The van der Waals surface area contributed by atoms with Crippen molar-refractivity contribution in [3.05, 3.63) is 173 Å². The van der Waals surface area contributed by atoms with Gasteiger partial charge in [-0.15, -0.1) is 10.2 Å². The first-order chi connectivity index (χ1) is 29.2. The molecule has 0 unspecified atom stereocenters. The summed E-state index contributed by atoms with van der Waals surface area (Å²) in [4.78, 5) is 27.2. The summed E-state index contributed by atoms with van der Waals surface area (Å²) >= 11 is 6.26. The van der Waals surface area contributed by atoms with Crippen LogP contribution in [0.3, 0.4) is 0 Å². The average molecular weight is 809 g/mol. The van der Waals surface area contributed by atoms with Crippen LogP contribution < -0.4 is 15.4 Å². The molecule has 8 aromatic carbocycles. The standard InChI is InChI=1S/C48H33ClN6O5/c1-27-9-8-12-30(21-27)51-48(59)39-22-28-10-2-4-13-33(28)43(46(39)57)54-52-31-17-19-35-36-20-18-32(25-38(36)45(56)37(35)24-31)53-55-44-34-14-5-3-11-29(34)23-42(47(44)58)60-26-50-41-16-7-6-15-40(41)49/h2-25,50,57-58H,26H2,1H3,(H,51,59). The minimum atomic E-state index is -0.494. The number of carbonyl (C=O) groups is 2. The summed E-state index contributed by atoms with van der Waals surface area (Å²) in [6, 6.07) is 43.1. The van der Waals surface area contributed by atoms with Crippen molar-refractivity contribution in [2.45, 2.75) is 6.92 Å². The maximum absolute atomic E-state index is 13.9. The van der Waals surface area contributed by atoms with E-state index in [1.807, 2.05) is 91.9 Å². The molecule has 0 radical (unpaired) electrons. The largest absolute Gasteiger partial charge is 0.505 e. The highest BCUT2D eigenvalue weighted by Crippen LogP contribution is 2.45. The zero-order valence-corrected chi connectivity index (χ0v) is 32.6. The number of hydrogen-bond acceptors (Lipinski definition) is 10. The third kappa shape index (κ3) is 7.25. The molecule has 0 fully saturated rings. The molecular weight excluding hydrogens is 776 g/mol. The molecule has 0 heterocycles. The number of carbonyl (C=O) groups excluding carboxylic acids is 2. The van der Waals surface area contributed by atoms with Crippen LogP contribution in [0.4, 0.5) is 34.1 Å². The van der Waals surface area contributed by atoms with Gasteiger partial charge in [-0.05, 0) is 95.1 Å². The van der Waals surface area contributed by atoms with Crippen molar-refractivity contribution in [1.29, 1.82) is 0 Å². The number of phenols is 2. The predicted octanol–water partition coefficient (Wildman–Crippen LogP) is 13.1. The van der Waals surface area contributed by atoms with Gasteiger partial charge in [-0.1, -0.05) is 96.5 Å². The normalized spacial score (nSPS) is 12.0. The molecule has 9 rings (SSSR count). The number of phenolic OH excluding ortho intramolecular Hbond substituents is 2. The number of hydrogen-bond donors (Lipinski definition) is 4. The summed E-state index contributed by atoms with van der Waals surface area (Å²) in [6.07, 6.45) is 0. The Bertz CT molecular complexity index is 3110. The number of fused-ring (bicyclic) bond motifs is 5.